The number of hydrogen-bond donors (Lipinski definition) is 3. The van der Waals surface area contributed by atoms with E-state index in [1.807, 2.05) is 49.4 Å². The van der Waals surface area contributed by atoms with Crippen LogP contribution >= 0.6 is 0 Å². The van der Waals surface area contributed by atoms with Gasteiger partial charge in [-0.3, -0.25) is 19.1 Å². The molecule has 2 heterocycles. The standard InChI is InChI=1S/C38H47N5O9S/c1-6-24-20-38(24,36(46)42-53(48,49)27-14-15-27)41-34(44)31-18-26(21-43(31)35(45)33(22(3)4)40-37(47)51-7-2)52-32-19-29(23-11-9-8-10-12-23)39-30-17-25(50-5)13-16-28(30)32/h8-13,16-17,19,22,24,26-27,31,33H,6-7,14-15,18,20-21H2,1-5H3,(H,40,47)(H,41,44)(H,42,46)/t24-,26-,31+,33+,38-/m1/s1. The van der Waals surface area contributed by atoms with Crippen molar-refractivity contribution in [2.24, 2.45) is 11.8 Å². The summed E-state index contributed by atoms with van der Waals surface area (Å²) >= 11 is 0. The van der Waals surface area contributed by atoms with Crippen molar-refractivity contribution in [3.05, 3.63) is 54.6 Å². The molecule has 6 rings (SSSR count). The lowest BCUT2D eigenvalue weighted by Gasteiger charge is -2.31. The molecule has 284 valence electrons. The first-order chi connectivity index (χ1) is 25.3. The second-order valence-corrected chi connectivity index (χ2v) is 16.2. The van der Waals surface area contributed by atoms with Gasteiger partial charge in [-0.2, -0.15) is 0 Å². The molecule has 0 spiro atoms. The van der Waals surface area contributed by atoms with Crippen molar-refractivity contribution in [1.82, 2.24) is 25.2 Å². The number of nitrogens with zero attached hydrogens (tertiary/aromatic N) is 2. The summed E-state index contributed by atoms with van der Waals surface area (Å²) in [5, 5.41) is 5.58. The highest BCUT2D eigenvalue weighted by atomic mass is 32.2. The summed E-state index contributed by atoms with van der Waals surface area (Å²) in [6.07, 6.45) is 0.331. The van der Waals surface area contributed by atoms with Crippen molar-refractivity contribution in [2.75, 3.05) is 20.3 Å². The van der Waals surface area contributed by atoms with E-state index in [9.17, 15) is 27.6 Å². The number of aromatic nitrogens is 1. The number of hydrogen-bond acceptors (Lipinski definition) is 10. The molecule has 15 heteroatoms. The first kappa shape index (κ1) is 37.8. The van der Waals surface area contributed by atoms with Gasteiger partial charge in [-0.15, -0.1) is 0 Å². The van der Waals surface area contributed by atoms with Crippen LogP contribution in [0.1, 0.15) is 59.8 Å². The minimum atomic E-state index is -3.87. The van der Waals surface area contributed by atoms with Crippen LogP contribution in [0.4, 0.5) is 4.79 Å². The summed E-state index contributed by atoms with van der Waals surface area (Å²) in [4.78, 5) is 60.9. The molecular formula is C38H47N5O9S. The smallest absolute Gasteiger partial charge is 0.407 e. The normalized spacial score (nSPS) is 22.9. The number of amides is 4. The van der Waals surface area contributed by atoms with Gasteiger partial charge in [0.15, 0.2) is 0 Å². The number of methoxy groups -OCH3 is 1. The van der Waals surface area contributed by atoms with Gasteiger partial charge in [-0.1, -0.05) is 57.5 Å². The molecule has 0 unspecified atom stereocenters. The monoisotopic (exact) mass is 749 g/mol. The molecule has 2 aliphatic carbocycles. The minimum absolute atomic E-state index is 0.0161. The molecule has 2 aromatic carbocycles. The number of sulfonamides is 1. The maximum atomic E-state index is 14.3. The van der Waals surface area contributed by atoms with Gasteiger partial charge in [0, 0.05) is 29.5 Å². The summed E-state index contributed by atoms with van der Waals surface area (Å²) in [5.74, 6) is -1.49. The van der Waals surface area contributed by atoms with E-state index in [1.165, 1.54) is 4.90 Å². The zero-order valence-corrected chi connectivity index (χ0v) is 31.4. The zero-order valence-electron chi connectivity index (χ0n) is 30.6. The number of nitrogens with one attached hydrogen (secondary N) is 3. The van der Waals surface area contributed by atoms with Crippen molar-refractivity contribution in [3.63, 3.8) is 0 Å². The molecule has 3 aromatic rings. The van der Waals surface area contributed by atoms with Gasteiger partial charge < -0.3 is 29.7 Å². The molecule has 1 aromatic heterocycles. The van der Waals surface area contributed by atoms with E-state index in [0.717, 1.165) is 5.56 Å². The van der Waals surface area contributed by atoms with Crippen LogP contribution in [0.5, 0.6) is 11.5 Å². The fourth-order valence-electron chi connectivity index (χ4n) is 7.00. The number of alkyl carbamates (subject to hydrolysis) is 1. The maximum Gasteiger partial charge on any atom is 0.407 e. The van der Waals surface area contributed by atoms with Crippen molar-refractivity contribution in [2.45, 2.75) is 88.8 Å². The van der Waals surface area contributed by atoms with Gasteiger partial charge in [-0.25, -0.2) is 18.2 Å². The summed E-state index contributed by atoms with van der Waals surface area (Å²) in [6.45, 7) is 7.14. The number of likely N-dealkylation sites (tertiary alicyclic amines) is 1. The van der Waals surface area contributed by atoms with E-state index in [1.54, 1.807) is 40.0 Å². The summed E-state index contributed by atoms with van der Waals surface area (Å²) in [6, 6.07) is 14.7. The molecule has 5 atom stereocenters. The number of fused-ring (bicyclic) bond motifs is 1. The van der Waals surface area contributed by atoms with Crippen LogP contribution in [0.15, 0.2) is 54.6 Å². The molecule has 4 amide bonds. The van der Waals surface area contributed by atoms with Gasteiger partial charge in [0.25, 0.3) is 5.91 Å². The van der Waals surface area contributed by atoms with E-state index in [0.29, 0.717) is 47.4 Å². The molecule has 1 aliphatic heterocycles. The Kier molecular flexibility index (Phi) is 10.9. The van der Waals surface area contributed by atoms with Crippen molar-refractivity contribution in [3.8, 4) is 22.8 Å². The Morgan fingerprint density at radius 3 is 2.40 bits per heavy atom. The van der Waals surface area contributed by atoms with Gasteiger partial charge in [-0.05, 0) is 50.2 Å². The summed E-state index contributed by atoms with van der Waals surface area (Å²) in [5.41, 5.74) is 0.684. The van der Waals surface area contributed by atoms with Crippen LogP contribution in [0.25, 0.3) is 22.2 Å². The Morgan fingerprint density at radius 1 is 1.04 bits per heavy atom. The third-order valence-electron chi connectivity index (χ3n) is 10.2. The Bertz CT molecular complexity index is 1990. The molecule has 14 nitrogen and oxygen atoms in total. The second-order valence-electron chi connectivity index (χ2n) is 14.3. The molecule has 2 saturated carbocycles. The maximum absolute atomic E-state index is 14.3. The fraction of sp³-hybridized carbons (Fsp3) is 0.500. The fourth-order valence-corrected chi connectivity index (χ4v) is 8.36. The van der Waals surface area contributed by atoms with E-state index in [2.05, 4.69) is 15.4 Å². The van der Waals surface area contributed by atoms with Crippen molar-refractivity contribution in [1.29, 1.82) is 0 Å². The highest BCUT2D eigenvalue weighted by Gasteiger charge is 2.62. The third-order valence-corrected chi connectivity index (χ3v) is 12.0. The lowest BCUT2D eigenvalue weighted by atomic mass is 10.0. The minimum Gasteiger partial charge on any atom is -0.497 e. The largest absolute Gasteiger partial charge is 0.497 e. The van der Waals surface area contributed by atoms with Crippen molar-refractivity contribution >= 4 is 44.7 Å². The predicted molar refractivity (Wildman–Crippen MR) is 196 cm³/mol. The van der Waals surface area contributed by atoms with E-state index >= 15 is 0 Å². The molecule has 1 saturated heterocycles. The molecular weight excluding hydrogens is 703 g/mol. The van der Waals surface area contributed by atoms with Gasteiger partial charge in [0.05, 0.1) is 36.7 Å². The van der Waals surface area contributed by atoms with Crippen LogP contribution in [0.3, 0.4) is 0 Å². The zero-order chi connectivity index (χ0) is 38.1. The van der Waals surface area contributed by atoms with Crippen LogP contribution in [0.2, 0.25) is 0 Å². The van der Waals surface area contributed by atoms with Crippen LogP contribution in [-0.2, 0) is 29.1 Å². The quantitative estimate of drug-likeness (QED) is 0.219. The van der Waals surface area contributed by atoms with Gasteiger partial charge in [0.2, 0.25) is 21.8 Å². The van der Waals surface area contributed by atoms with Crippen LogP contribution in [-0.4, -0.2) is 91.4 Å². The van der Waals surface area contributed by atoms with Crippen LogP contribution in [0, 0.1) is 11.8 Å². The van der Waals surface area contributed by atoms with E-state index < -0.39 is 62.8 Å². The molecule has 3 aliphatic rings. The molecule has 3 fully saturated rings. The Morgan fingerprint density at radius 2 is 1.77 bits per heavy atom. The molecule has 53 heavy (non-hydrogen) atoms. The SMILES string of the molecule is CCOC(=O)N[C@H](C(=O)N1C[C@H](Oc2cc(-c3ccccc3)nc3cc(OC)ccc23)C[C@H]1C(=O)N[C@]1(C(=O)NS(=O)(=O)C2CC2)C[C@H]1CC)C(C)C. The average molecular weight is 750 g/mol. The Labute approximate surface area is 309 Å². The number of rotatable bonds is 14. The van der Waals surface area contributed by atoms with Gasteiger partial charge in [0.1, 0.15) is 35.2 Å². The second kappa shape index (κ2) is 15.2. The predicted octanol–water partition coefficient (Wildman–Crippen LogP) is 3.92. The molecule has 0 radical (unpaired) electrons. The Hall–Kier alpha value is -4.92. The number of benzene rings is 2. The summed E-state index contributed by atoms with van der Waals surface area (Å²) in [7, 11) is -2.30. The molecule has 0 bridgehead atoms. The average Bonchev–Trinajstić information content (AvgIpc) is 4.07. The van der Waals surface area contributed by atoms with Crippen molar-refractivity contribution < 1.29 is 41.8 Å². The lowest BCUT2D eigenvalue weighted by Crippen LogP contribution is -2.59. The topological polar surface area (TPSA) is 182 Å². The Balaban J connectivity index is 1.32. The van der Waals surface area contributed by atoms with E-state index in [-0.39, 0.29) is 37.8 Å². The summed E-state index contributed by atoms with van der Waals surface area (Å²) < 4.78 is 44.8. The lowest BCUT2D eigenvalue weighted by molar-refractivity contribution is -0.141. The number of carbonyl (C=O) groups excluding carboxylic acids is 4. The highest BCUT2D eigenvalue weighted by Crippen LogP contribution is 2.47. The molecule has 3 N–H and O–H groups in total. The number of pyridine rings is 1. The number of carbonyl (C=O) groups is 4. The van der Waals surface area contributed by atoms with Gasteiger partial charge >= 0.3 is 6.09 Å². The van der Waals surface area contributed by atoms with Crippen LogP contribution < -0.4 is 24.8 Å². The first-order valence-electron chi connectivity index (χ1n) is 18.1. The number of ether oxygens (including phenoxy) is 3. The third kappa shape index (κ3) is 8.04. The highest BCUT2D eigenvalue weighted by molar-refractivity contribution is 7.91. The first-order valence-corrected chi connectivity index (χ1v) is 19.7. The van der Waals surface area contributed by atoms with E-state index in [4.69, 9.17) is 19.2 Å².